The fraction of sp³-hybridized carbons (Fsp3) is 0.429. The number of fused-ring (bicyclic) bond motifs is 1. The van der Waals surface area contributed by atoms with E-state index in [1.165, 1.54) is 0 Å². The van der Waals surface area contributed by atoms with Gasteiger partial charge >= 0.3 is 0 Å². The SMILES string of the molecule is NC1=NC(N)NC2N=CC=CC12. The van der Waals surface area contributed by atoms with Crippen LogP contribution in [0.1, 0.15) is 0 Å². The number of rotatable bonds is 0. The van der Waals surface area contributed by atoms with Crippen molar-refractivity contribution in [2.45, 2.75) is 12.5 Å². The maximum Gasteiger partial charge on any atom is 0.154 e. The largest absolute Gasteiger partial charge is 0.387 e. The van der Waals surface area contributed by atoms with Gasteiger partial charge in [0, 0.05) is 6.21 Å². The van der Waals surface area contributed by atoms with Gasteiger partial charge in [0.25, 0.3) is 0 Å². The van der Waals surface area contributed by atoms with Crippen molar-refractivity contribution in [2.75, 3.05) is 0 Å². The molecule has 0 aromatic carbocycles. The highest BCUT2D eigenvalue weighted by Gasteiger charge is 2.28. The van der Waals surface area contributed by atoms with E-state index in [0.29, 0.717) is 5.84 Å². The lowest BCUT2D eigenvalue weighted by Gasteiger charge is -2.30. The van der Waals surface area contributed by atoms with Gasteiger partial charge in [-0.1, -0.05) is 6.08 Å². The maximum atomic E-state index is 5.68. The summed E-state index contributed by atoms with van der Waals surface area (Å²) in [5.41, 5.74) is 11.2. The first-order chi connectivity index (χ1) is 5.77. The predicted octanol–water partition coefficient (Wildman–Crippen LogP) is -1.23. The smallest absolute Gasteiger partial charge is 0.154 e. The van der Waals surface area contributed by atoms with Crippen LogP contribution in [0.15, 0.2) is 22.1 Å². The number of nitrogens with zero attached hydrogens (tertiary/aromatic N) is 2. The molecule has 5 nitrogen and oxygen atoms in total. The van der Waals surface area contributed by atoms with Crippen LogP contribution in [0.25, 0.3) is 0 Å². The fourth-order valence-corrected chi connectivity index (χ4v) is 1.38. The molecule has 0 saturated heterocycles. The second-order valence-electron chi connectivity index (χ2n) is 2.82. The zero-order valence-corrected chi connectivity index (χ0v) is 6.51. The molecular formula is C7H11N5. The van der Waals surface area contributed by atoms with Gasteiger partial charge in [0.15, 0.2) is 6.29 Å². The number of aliphatic imine (C=N–C) groups is 2. The van der Waals surface area contributed by atoms with Crippen LogP contribution in [0.3, 0.4) is 0 Å². The van der Waals surface area contributed by atoms with E-state index in [1.807, 2.05) is 12.2 Å². The van der Waals surface area contributed by atoms with Crippen LogP contribution in [0.5, 0.6) is 0 Å². The van der Waals surface area contributed by atoms with Crippen LogP contribution in [0, 0.1) is 5.92 Å². The molecule has 0 amide bonds. The quantitative estimate of drug-likeness (QED) is 0.420. The first-order valence-electron chi connectivity index (χ1n) is 3.82. The molecule has 2 aliphatic rings. The Morgan fingerprint density at radius 3 is 3.17 bits per heavy atom. The van der Waals surface area contributed by atoms with Crippen LogP contribution >= 0.6 is 0 Å². The molecule has 3 unspecified atom stereocenters. The van der Waals surface area contributed by atoms with Gasteiger partial charge in [-0.05, 0) is 6.08 Å². The molecule has 5 N–H and O–H groups in total. The van der Waals surface area contributed by atoms with E-state index in [-0.39, 0.29) is 12.1 Å². The van der Waals surface area contributed by atoms with Crippen molar-refractivity contribution >= 4 is 12.1 Å². The fourth-order valence-electron chi connectivity index (χ4n) is 1.38. The lowest BCUT2D eigenvalue weighted by Crippen LogP contribution is -2.54. The summed E-state index contributed by atoms with van der Waals surface area (Å²) in [4.78, 5) is 8.19. The number of dihydropyridines is 1. The Morgan fingerprint density at radius 2 is 2.33 bits per heavy atom. The van der Waals surface area contributed by atoms with Crippen molar-refractivity contribution in [3.8, 4) is 0 Å². The Labute approximate surface area is 70.2 Å². The normalized spacial score (nSPS) is 39.1. The zero-order chi connectivity index (χ0) is 8.55. The number of nitrogens with two attached hydrogens (primary N) is 2. The maximum absolute atomic E-state index is 5.68. The predicted molar refractivity (Wildman–Crippen MR) is 47.6 cm³/mol. The minimum atomic E-state index is -0.421. The highest BCUT2D eigenvalue weighted by Crippen LogP contribution is 2.15. The number of hydrogen-bond acceptors (Lipinski definition) is 5. The van der Waals surface area contributed by atoms with Gasteiger partial charge in [-0.2, -0.15) is 0 Å². The van der Waals surface area contributed by atoms with E-state index in [4.69, 9.17) is 11.5 Å². The molecule has 0 aromatic heterocycles. The van der Waals surface area contributed by atoms with Crippen LogP contribution in [0.4, 0.5) is 0 Å². The van der Waals surface area contributed by atoms with E-state index >= 15 is 0 Å². The Hall–Kier alpha value is -1.20. The molecule has 0 aromatic rings. The summed E-state index contributed by atoms with van der Waals surface area (Å²) in [6, 6.07) is 0. The lowest BCUT2D eigenvalue weighted by molar-refractivity contribution is 0.395. The Bertz CT molecular complexity index is 267. The average molecular weight is 165 g/mol. The molecule has 2 rings (SSSR count). The number of nitrogens with one attached hydrogen (secondary N) is 1. The van der Waals surface area contributed by atoms with Crippen molar-refractivity contribution < 1.29 is 0 Å². The second-order valence-corrected chi connectivity index (χ2v) is 2.82. The van der Waals surface area contributed by atoms with Crippen molar-refractivity contribution in [1.29, 1.82) is 0 Å². The van der Waals surface area contributed by atoms with Gasteiger partial charge in [-0.3, -0.25) is 16.0 Å². The first kappa shape index (κ1) is 7.45. The van der Waals surface area contributed by atoms with E-state index in [9.17, 15) is 0 Å². The van der Waals surface area contributed by atoms with Crippen LogP contribution in [-0.4, -0.2) is 24.5 Å². The van der Waals surface area contributed by atoms with Crippen LogP contribution in [0.2, 0.25) is 0 Å². The van der Waals surface area contributed by atoms with Crippen LogP contribution in [-0.2, 0) is 0 Å². The third-order valence-corrected chi connectivity index (χ3v) is 1.96. The van der Waals surface area contributed by atoms with Gasteiger partial charge in [-0.25, -0.2) is 4.99 Å². The molecule has 0 aliphatic carbocycles. The molecule has 0 saturated carbocycles. The summed E-state index contributed by atoms with van der Waals surface area (Å²) in [6.07, 6.45) is 5.11. The van der Waals surface area contributed by atoms with E-state index in [2.05, 4.69) is 15.3 Å². The first-order valence-corrected chi connectivity index (χ1v) is 3.82. The monoisotopic (exact) mass is 165 g/mol. The van der Waals surface area contributed by atoms with Crippen molar-refractivity contribution in [1.82, 2.24) is 5.32 Å². The number of amidine groups is 1. The van der Waals surface area contributed by atoms with Crippen molar-refractivity contribution in [3.63, 3.8) is 0 Å². The molecule has 0 bridgehead atoms. The van der Waals surface area contributed by atoms with Gasteiger partial charge in [-0.15, -0.1) is 0 Å². The van der Waals surface area contributed by atoms with Gasteiger partial charge in [0.05, 0.1) is 5.92 Å². The molecule has 0 spiro atoms. The summed E-state index contributed by atoms with van der Waals surface area (Å²) in [5.74, 6) is 0.620. The third kappa shape index (κ3) is 1.13. The molecule has 5 heteroatoms. The molecule has 64 valence electrons. The lowest BCUT2D eigenvalue weighted by atomic mass is 10.0. The van der Waals surface area contributed by atoms with Gasteiger partial charge in [0.1, 0.15) is 12.0 Å². The van der Waals surface area contributed by atoms with Gasteiger partial charge in [0.2, 0.25) is 0 Å². The van der Waals surface area contributed by atoms with E-state index < -0.39 is 6.29 Å². The summed E-state index contributed by atoms with van der Waals surface area (Å²) < 4.78 is 0. The summed E-state index contributed by atoms with van der Waals surface area (Å²) in [7, 11) is 0. The second kappa shape index (κ2) is 2.69. The zero-order valence-electron chi connectivity index (χ0n) is 6.51. The summed E-state index contributed by atoms with van der Waals surface area (Å²) in [5, 5.41) is 3.01. The Morgan fingerprint density at radius 1 is 1.50 bits per heavy atom. The van der Waals surface area contributed by atoms with Gasteiger partial charge < -0.3 is 5.73 Å². The summed E-state index contributed by atoms with van der Waals surface area (Å²) in [6.45, 7) is 0. The molecule has 2 aliphatic heterocycles. The molecule has 3 atom stereocenters. The molecule has 0 radical (unpaired) electrons. The Kier molecular flexibility index (Phi) is 1.67. The topological polar surface area (TPSA) is 88.8 Å². The number of allylic oxidation sites excluding steroid dienone is 1. The van der Waals surface area contributed by atoms with Crippen molar-refractivity contribution in [3.05, 3.63) is 12.2 Å². The minimum Gasteiger partial charge on any atom is -0.387 e. The standard InChI is InChI=1S/C7H11N5/c8-5-4-2-1-3-10-6(4)12-7(9)11-5/h1-4,6-7,12H,9H2,(H2,8,11). The Balaban J connectivity index is 2.28. The number of hydrogen-bond donors (Lipinski definition) is 3. The average Bonchev–Trinajstić information content (AvgIpc) is 2.04. The summed E-state index contributed by atoms with van der Waals surface area (Å²) >= 11 is 0. The molecule has 12 heavy (non-hydrogen) atoms. The molecular weight excluding hydrogens is 154 g/mol. The highest BCUT2D eigenvalue weighted by molar-refractivity contribution is 5.88. The third-order valence-electron chi connectivity index (χ3n) is 1.96. The van der Waals surface area contributed by atoms with Crippen LogP contribution < -0.4 is 16.8 Å². The molecule has 0 fully saturated rings. The van der Waals surface area contributed by atoms with E-state index in [0.717, 1.165) is 0 Å². The molecule has 2 heterocycles. The van der Waals surface area contributed by atoms with Crippen molar-refractivity contribution in [2.24, 2.45) is 27.4 Å². The highest BCUT2D eigenvalue weighted by atomic mass is 15.3. The van der Waals surface area contributed by atoms with E-state index in [1.54, 1.807) is 6.21 Å². The minimum absolute atomic E-state index is 0.0394.